The Bertz CT molecular complexity index is 381. The van der Waals surface area contributed by atoms with Crippen LogP contribution in [0.25, 0.3) is 0 Å². The van der Waals surface area contributed by atoms with Gasteiger partial charge in [-0.05, 0) is 18.6 Å². The summed E-state index contributed by atoms with van der Waals surface area (Å²) in [6.45, 7) is 1.79. The normalized spacial score (nSPS) is 13.7. The topological polar surface area (TPSA) is 52.6 Å². The van der Waals surface area contributed by atoms with Crippen molar-refractivity contribution < 1.29 is 17.3 Å². The van der Waals surface area contributed by atoms with E-state index in [-0.39, 0.29) is 4.90 Å². The molecule has 0 amide bonds. The molecular formula is C10H14O4S. The Balaban J connectivity index is 2.85. The first kappa shape index (κ1) is 12.2. The van der Waals surface area contributed by atoms with Gasteiger partial charge in [-0.3, -0.25) is 0 Å². The van der Waals surface area contributed by atoms with E-state index in [1.165, 1.54) is 19.2 Å². The Morgan fingerprint density at radius 1 is 1.27 bits per heavy atom. The Labute approximate surface area is 90.0 Å². The SMILES string of the molecule is CC[C@H](OC)OS(=O)(=O)c1ccccc1. The van der Waals surface area contributed by atoms with Crippen LogP contribution in [-0.4, -0.2) is 21.8 Å². The average Bonchev–Trinajstić information content (AvgIpc) is 2.27. The van der Waals surface area contributed by atoms with Gasteiger partial charge in [-0.1, -0.05) is 25.1 Å². The van der Waals surface area contributed by atoms with Gasteiger partial charge >= 0.3 is 0 Å². The molecule has 1 aromatic rings. The van der Waals surface area contributed by atoms with Crippen LogP contribution in [0.1, 0.15) is 13.3 Å². The van der Waals surface area contributed by atoms with Crippen molar-refractivity contribution in [2.45, 2.75) is 24.5 Å². The monoisotopic (exact) mass is 230 g/mol. The van der Waals surface area contributed by atoms with Crippen LogP contribution >= 0.6 is 0 Å². The fourth-order valence-electron chi connectivity index (χ4n) is 1.06. The standard InChI is InChI=1S/C10H14O4S/c1-3-10(13-2)14-15(11,12)9-7-5-4-6-8-9/h4-8,10H,3H2,1-2H3/t10-/m1/s1. The molecule has 1 rings (SSSR count). The summed E-state index contributed by atoms with van der Waals surface area (Å²) >= 11 is 0. The second-order valence-corrected chi connectivity index (χ2v) is 4.51. The largest absolute Gasteiger partial charge is 0.355 e. The van der Waals surface area contributed by atoms with Gasteiger partial charge in [0.1, 0.15) is 0 Å². The lowest BCUT2D eigenvalue weighted by Crippen LogP contribution is -2.19. The molecule has 0 unspecified atom stereocenters. The first-order chi connectivity index (χ1) is 7.10. The Kier molecular flexibility index (Phi) is 4.26. The predicted molar refractivity (Wildman–Crippen MR) is 55.8 cm³/mol. The van der Waals surface area contributed by atoms with E-state index in [1.54, 1.807) is 25.1 Å². The summed E-state index contributed by atoms with van der Waals surface area (Å²) in [5, 5.41) is 0. The minimum Gasteiger partial charge on any atom is -0.355 e. The van der Waals surface area contributed by atoms with Gasteiger partial charge in [0.2, 0.25) is 0 Å². The quantitative estimate of drug-likeness (QED) is 0.571. The minimum atomic E-state index is -3.71. The van der Waals surface area contributed by atoms with Gasteiger partial charge in [-0.15, -0.1) is 0 Å². The van der Waals surface area contributed by atoms with Crippen LogP contribution in [0, 0.1) is 0 Å². The van der Waals surface area contributed by atoms with Crippen molar-refractivity contribution in [2.75, 3.05) is 7.11 Å². The third-order valence-electron chi connectivity index (χ3n) is 1.86. The maximum atomic E-state index is 11.7. The summed E-state index contributed by atoms with van der Waals surface area (Å²) in [6.07, 6.45) is -0.252. The fraction of sp³-hybridized carbons (Fsp3) is 0.400. The van der Waals surface area contributed by atoms with Gasteiger partial charge in [-0.25, -0.2) is 4.18 Å². The summed E-state index contributed by atoms with van der Waals surface area (Å²) < 4.78 is 33.0. The third-order valence-corrected chi connectivity index (χ3v) is 3.18. The maximum Gasteiger partial charge on any atom is 0.299 e. The van der Waals surface area contributed by atoms with Gasteiger partial charge < -0.3 is 4.74 Å². The van der Waals surface area contributed by atoms with Crippen molar-refractivity contribution in [1.82, 2.24) is 0 Å². The van der Waals surface area contributed by atoms with Crippen molar-refractivity contribution in [3.05, 3.63) is 30.3 Å². The zero-order valence-electron chi connectivity index (χ0n) is 8.71. The molecule has 1 atom stereocenters. The van der Waals surface area contributed by atoms with E-state index >= 15 is 0 Å². The average molecular weight is 230 g/mol. The highest BCUT2D eigenvalue weighted by Crippen LogP contribution is 2.14. The predicted octanol–water partition coefficient (Wildman–Crippen LogP) is 1.77. The number of hydrogen-bond acceptors (Lipinski definition) is 4. The van der Waals surface area contributed by atoms with Gasteiger partial charge in [-0.2, -0.15) is 8.42 Å². The van der Waals surface area contributed by atoms with Crippen LogP contribution in [0.15, 0.2) is 35.2 Å². The molecule has 0 aromatic heterocycles. The van der Waals surface area contributed by atoms with Crippen LogP contribution in [0.4, 0.5) is 0 Å². The number of rotatable bonds is 5. The summed E-state index contributed by atoms with van der Waals surface area (Å²) in [7, 11) is -2.30. The molecular weight excluding hydrogens is 216 g/mol. The lowest BCUT2D eigenvalue weighted by Gasteiger charge is -2.13. The van der Waals surface area contributed by atoms with E-state index in [2.05, 4.69) is 0 Å². The van der Waals surface area contributed by atoms with Crippen LogP contribution in [0.3, 0.4) is 0 Å². The zero-order chi connectivity index (χ0) is 11.3. The smallest absolute Gasteiger partial charge is 0.299 e. The molecule has 0 aliphatic rings. The van der Waals surface area contributed by atoms with Gasteiger partial charge in [0.05, 0.1) is 4.90 Å². The van der Waals surface area contributed by atoms with Crippen LogP contribution < -0.4 is 0 Å². The molecule has 4 nitrogen and oxygen atoms in total. The van der Waals surface area contributed by atoms with Gasteiger partial charge in [0, 0.05) is 7.11 Å². The molecule has 0 saturated carbocycles. The highest BCUT2D eigenvalue weighted by atomic mass is 32.2. The molecule has 0 radical (unpaired) electrons. The summed E-state index contributed by atoms with van der Waals surface area (Å²) in [5.41, 5.74) is 0. The molecule has 0 aliphatic heterocycles. The third kappa shape index (κ3) is 3.30. The minimum absolute atomic E-state index is 0.139. The van der Waals surface area contributed by atoms with Crippen molar-refractivity contribution in [1.29, 1.82) is 0 Å². The lowest BCUT2D eigenvalue weighted by atomic mass is 10.4. The first-order valence-electron chi connectivity index (χ1n) is 4.61. The van der Waals surface area contributed by atoms with Crippen molar-refractivity contribution in [3.8, 4) is 0 Å². The van der Waals surface area contributed by atoms with E-state index in [0.717, 1.165) is 0 Å². The molecule has 0 aliphatic carbocycles. The lowest BCUT2D eigenvalue weighted by molar-refractivity contribution is -0.0504. The van der Waals surface area contributed by atoms with E-state index in [0.29, 0.717) is 6.42 Å². The molecule has 84 valence electrons. The first-order valence-corrected chi connectivity index (χ1v) is 6.02. The number of methoxy groups -OCH3 is 1. The van der Waals surface area contributed by atoms with E-state index in [4.69, 9.17) is 8.92 Å². The zero-order valence-corrected chi connectivity index (χ0v) is 9.53. The van der Waals surface area contributed by atoms with Crippen LogP contribution in [0.5, 0.6) is 0 Å². The number of benzene rings is 1. The van der Waals surface area contributed by atoms with E-state index in [1.807, 2.05) is 0 Å². The molecule has 1 aromatic carbocycles. The maximum absolute atomic E-state index is 11.7. The molecule has 0 N–H and O–H groups in total. The molecule has 0 fully saturated rings. The Morgan fingerprint density at radius 3 is 2.33 bits per heavy atom. The molecule has 0 spiro atoms. The Hall–Kier alpha value is -0.910. The molecule has 15 heavy (non-hydrogen) atoms. The van der Waals surface area contributed by atoms with Crippen molar-refractivity contribution in [2.24, 2.45) is 0 Å². The summed E-state index contributed by atoms with van der Waals surface area (Å²) in [4.78, 5) is 0.139. The molecule has 0 saturated heterocycles. The van der Waals surface area contributed by atoms with Crippen molar-refractivity contribution in [3.63, 3.8) is 0 Å². The van der Waals surface area contributed by atoms with Gasteiger partial charge in [0.15, 0.2) is 6.29 Å². The second kappa shape index (κ2) is 5.25. The number of hydrogen-bond donors (Lipinski definition) is 0. The van der Waals surface area contributed by atoms with Gasteiger partial charge in [0.25, 0.3) is 10.1 Å². The van der Waals surface area contributed by atoms with E-state index < -0.39 is 16.4 Å². The molecule has 0 bridgehead atoms. The summed E-state index contributed by atoms with van der Waals surface area (Å²) in [5.74, 6) is 0. The van der Waals surface area contributed by atoms with Crippen LogP contribution in [0.2, 0.25) is 0 Å². The van der Waals surface area contributed by atoms with E-state index in [9.17, 15) is 8.42 Å². The summed E-state index contributed by atoms with van der Waals surface area (Å²) in [6, 6.07) is 8.00. The highest BCUT2D eigenvalue weighted by molar-refractivity contribution is 7.86. The molecule has 0 heterocycles. The van der Waals surface area contributed by atoms with Crippen LogP contribution in [-0.2, 0) is 19.0 Å². The van der Waals surface area contributed by atoms with Crippen molar-refractivity contribution >= 4 is 10.1 Å². The second-order valence-electron chi connectivity index (χ2n) is 2.94. The Morgan fingerprint density at radius 2 is 1.87 bits per heavy atom. The number of ether oxygens (including phenoxy) is 1. The molecule has 5 heteroatoms. The highest BCUT2D eigenvalue weighted by Gasteiger charge is 2.19. The fourth-order valence-corrected chi connectivity index (χ4v) is 2.16.